The quantitative estimate of drug-likeness (QED) is 0.197. The Hall–Kier alpha value is -3.79. The first-order valence-corrected chi connectivity index (χ1v) is 12.7. The summed E-state index contributed by atoms with van der Waals surface area (Å²) in [6.07, 6.45) is 0.631. The van der Waals surface area contributed by atoms with E-state index in [1.54, 1.807) is 32.0 Å². The Labute approximate surface area is 223 Å². The van der Waals surface area contributed by atoms with Gasteiger partial charge in [-0.05, 0) is 51.5 Å². The number of methoxy groups -OCH3 is 3. The highest BCUT2D eigenvalue weighted by atomic mass is 16.5. The molecule has 1 fully saturated rings. The SMILES string of the molecule is CCN(CC)CCCN1C(=O)C(=O)/C(=C(/O)c2c(C)[nH]c(C(=O)OC)c2C)[C@@H]1c1cccc(OC)c1OC. The lowest BCUT2D eigenvalue weighted by Crippen LogP contribution is -2.33. The van der Waals surface area contributed by atoms with Crippen LogP contribution in [0.15, 0.2) is 23.8 Å². The number of Topliss-reactive ketones (excluding diaryl/α,β-unsaturated/α-hetero) is 1. The van der Waals surface area contributed by atoms with Gasteiger partial charge in [-0.2, -0.15) is 0 Å². The molecule has 0 spiro atoms. The van der Waals surface area contributed by atoms with Crippen LogP contribution in [0.4, 0.5) is 0 Å². The zero-order valence-electron chi connectivity index (χ0n) is 23.1. The maximum absolute atomic E-state index is 13.5. The zero-order chi connectivity index (χ0) is 28.1. The summed E-state index contributed by atoms with van der Waals surface area (Å²) < 4.78 is 16.0. The number of carbonyl (C=O) groups is 3. The van der Waals surface area contributed by atoms with Crippen LogP contribution in [0.5, 0.6) is 11.5 Å². The molecule has 0 aliphatic carbocycles. The number of benzene rings is 1. The second-order valence-electron chi connectivity index (χ2n) is 9.07. The van der Waals surface area contributed by atoms with E-state index in [0.29, 0.717) is 41.3 Å². The first kappa shape index (κ1) is 28.8. The molecule has 1 saturated heterocycles. The predicted molar refractivity (Wildman–Crippen MR) is 143 cm³/mol. The van der Waals surface area contributed by atoms with Gasteiger partial charge in [-0.1, -0.05) is 26.0 Å². The molecule has 1 aromatic heterocycles. The van der Waals surface area contributed by atoms with Crippen molar-refractivity contribution in [1.29, 1.82) is 0 Å². The van der Waals surface area contributed by atoms with E-state index >= 15 is 0 Å². The molecule has 1 aliphatic rings. The summed E-state index contributed by atoms with van der Waals surface area (Å²) in [4.78, 5) is 45.8. The highest BCUT2D eigenvalue weighted by Crippen LogP contribution is 2.46. The molecule has 0 unspecified atom stereocenters. The van der Waals surface area contributed by atoms with Crippen LogP contribution in [-0.4, -0.2) is 85.1 Å². The van der Waals surface area contributed by atoms with Gasteiger partial charge in [0, 0.05) is 23.4 Å². The standard InChI is InChI=1S/C28H37N3O7/c1-8-30(9-2)14-11-15-31-23(18-12-10-13-19(36-5)26(18)37-6)21(25(33)27(31)34)24(32)20-16(3)22(28(35)38-7)29-17(20)4/h10,12-13,23,29,32H,8-9,11,14-15H2,1-7H3/b24-21+/t23-/m0/s1. The number of aliphatic hydroxyl groups is 1. The van der Waals surface area contributed by atoms with Crippen molar-refractivity contribution in [3.05, 3.63) is 51.9 Å². The van der Waals surface area contributed by atoms with E-state index in [-0.39, 0.29) is 22.6 Å². The van der Waals surface area contributed by atoms with Crippen LogP contribution in [-0.2, 0) is 14.3 Å². The molecule has 0 saturated carbocycles. The first-order valence-electron chi connectivity index (χ1n) is 12.7. The van der Waals surface area contributed by atoms with Gasteiger partial charge in [-0.25, -0.2) is 4.79 Å². The van der Waals surface area contributed by atoms with Crippen LogP contribution in [0.3, 0.4) is 0 Å². The minimum Gasteiger partial charge on any atom is -0.507 e. The largest absolute Gasteiger partial charge is 0.507 e. The molecule has 1 atom stereocenters. The summed E-state index contributed by atoms with van der Waals surface area (Å²) in [5.41, 5.74) is 1.75. The number of H-pyrrole nitrogens is 1. The zero-order valence-corrected chi connectivity index (χ0v) is 23.1. The van der Waals surface area contributed by atoms with Gasteiger partial charge in [-0.15, -0.1) is 0 Å². The van der Waals surface area contributed by atoms with Gasteiger partial charge in [0.2, 0.25) is 0 Å². The fourth-order valence-electron chi connectivity index (χ4n) is 5.11. The summed E-state index contributed by atoms with van der Waals surface area (Å²) in [5.74, 6) is -1.70. The minimum atomic E-state index is -0.924. The number of aromatic nitrogens is 1. The number of rotatable bonds is 11. The molecule has 0 radical (unpaired) electrons. The molecule has 1 amide bonds. The number of para-hydroxylation sites is 1. The van der Waals surface area contributed by atoms with E-state index in [0.717, 1.165) is 19.6 Å². The minimum absolute atomic E-state index is 0.0778. The van der Waals surface area contributed by atoms with Crippen molar-refractivity contribution < 1.29 is 33.7 Å². The van der Waals surface area contributed by atoms with E-state index in [2.05, 4.69) is 23.7 Å². The van der Waals surface area contributed by atoms with Crippen molar-refractivity contribution in [1.82, 2.24) is 14.8 Å². The second kappa shape index (κ2) is 12.2. The van der Waals surface area contributed by atoms with Gasteiger partial charge in [0.25, 0.3) is 11.7 Å². The van der Waals surface area contributed by atoms with E-state index in [9.17, 15) is 19.5 Å². The van der Waals surface area contributed by atoms with Crippen molar-refractivity contribution in [2.45, 2.75) is 40.2 Å². The van der Waals surface area contributed by atoms with E-state index in [4.69, 9.17) is 14.2 Å². The van der Waals surface area contributed by atoms with E-state index in [1.165, 1.54) is 26.2 Å². The van der Waals surface area contributed by atoms with Crippen LogP contribution in [0.2, 0.25) is 0 Å². The van der Waals surface area contributed by atoms with Crippen molar-refractivity contribution in [3.8, 4) is 11.5 Å². The molecule has 2 N–H and O–H groups in total. The molecule has 2 aromatic rings. The van der Waals surface area contributed by atoms with Crippen LogP contribution in [0, 0.1) is 13.8 Å². The summed E-state index contributed by atoms with van der Waals surface area (Å²) >= 11 is 0. The molecule has 2 heterocycles. The van der Waals surface area contributed by atoms with Crippen molar-refractivity contribution in [2.75, 3.05) is 47.5 Å². The van der Waals surface area contributed by atoms with Crippen LogP contribution in [0.1, 0.15) is 59.2 Å². The Balaban J connectivity index is 2.22. The predicted octanol–water partition coefficient (Wildman–Crippen LogP) is 3.59. The number of aryl methyl sites for hydroxylation is 1. The average molecular weight is 528 g/mol. The number of ketones is 1. The number of aliphatic hydroxyl groups excluding tert-OH is 1. The molecule has 1 aromatic carbocycles. The number of nitrogens with one attached hydrogen (secondary N) is 1. The summed E-state index contributed by atoms with van der Waals surface area (Å²) in [5, 5.41) is 11.6. The number of nitrogens with zero attached hydrogens (tertiary/aromatic N) is 2. The van der Waals surface area contributed by atoms with Crippen molar-refractivity contribution >= 4 is 23.4 Å². The van der Waals surface area contributed by atoms with Crippen molar-refractivity contribution in [2.24, 2.45) is 0 Å². The van der Waals surface area contributed by atoms with Gasteiger partial charge < -0.3 is 34.1 Å². The molecule has 38 heavy (non-hydrogen) atoms. The molecule has 0 bridgehead atoms. The third-order valence-electron chi connectivity index (χ3n) is 7.10. The lowest BCUT2D eigenvalue weighted by atomic mass is 9.93. The maximum atomic E-state index is 13.5. The summed E-state index contributed by atoms with van der Waals surface area (Å²) in [6, 6.07) is 4.29. The fourth-order valence-corrected chi connectivity index (χ4v) is 5.11. The van der Waals surface area contributed by atoms with E-state index < -0.39 is 23.7 Å². The Morgan fingerprint density at radius 3 is 2.37 bits per heavy atom. The summed E-state index contributed by atoms with van der Waals surface area (Å²) in [6.45, 7) is 10.2. The molecule has 10 heteroatoms. The number of likely N-dealkylation sites (tertiary alicyclic amines) is 1. The number of esters is 1. The number of ether oxygens (including phenoxy) is 3. The third kappa shape index (κ3) is 5.13. The Kier molecular flexibility index (Phi) is 9.22. The number of aromatic amines is 1. The Bertz CT molecular complexity index is 1240. The Morgan fingerprint density at radius 1 is 1.11 bits per heavy atom. The fraction of sp³-hybridized carbons (Fsp3) is 0.464. The molecule has 10 nitrogen and oxygen atoms in total. The van der Waals surface area contributed by atoms with Gasteiger partial charge in [0.05, 0.1) is 32.9 Å². The smallest absolute Gasteiger partial charge is 0.354 e. The molecular formula is C28H37N3O7. The average Bonchev–Trinajstić information content (AvgIpc) is 3.36. The van der Waals surface area contributed by atoms with Gasteiger partial charge in [-0.3, -0.25) is 9.59 Å². The van der Waals surface area contributed by atoms with Gasteiger partial charge >= 0.3 is 5.97 Å². The normalized spacial score (nSPS) is 16.8. The molecule has 206 valence electrons. The lowest BCUT2D eigenvalue weighted by Gasteiger charge is -2.28. The first-order chi connectivity index (χ1) is 18.2. The number of hydrogen-bond donors (Lipinski definition) is 2. The van der Waals surface area contributed by atoms with Crippen LogP contribution in [0.25, 0.3) is 5.76 Å². The van der Waals surface area contributed by atoms with E-state index in [1.807, 2.05) is 0 Å². The lowest BCUT2D eigenvalue weighted by molar-refractivity contribution is -0.140. The number of carbonyl (C=O) groups excluding carboxylic acids is 3. The van der Waals surface area contributed by atoms with Crippen LogP contribution >= 0.6 is 0 Å². The highest BCUT2D eigenvalue weighted by Gasteiger charge is 2.47. The van der Waals surface area contributed by atoms with Gasteiger partial charge in [0.15, 0.2) is 11.5 Å². The molecule has 3 rings (SSSR count). The highest BCUT2D eigenvalue weighted by molar-refractivity contribution is 6.46. The maximum Gasteiger partial charge on any atom is 0.354 e. The number of hydrogen-bond acceptors (Lipinski definition) is 8. The summed E-state index contributed by atoms with van der Waals surface area (Å²) in [7, 11) is 4.25. The third-order valence-corrected chi connectivity index (χ3v) is 7.10. The number of amides is 1. The van der Waals surface area contributed by atoms with Gasteiger partial charge in [0.1, 0.15) is 11.5 Å². The molecular weight excluding hydrogens is 490 g/mol. The molecule has 1 aliphatic heterocycles. The van der Waals surface area contributed by atoms with Crippen LogP contribution < -0.4 is 9.47 Å². The second-order valence-corrected chi connectivity index (χ2v) is 9.07. The monoisotopic (exact) mass is 527 g/mol. The Morgan fingerprint density at radius 2 is 1.79 bits per heavy atom. The topological polar surface area (TPSA) is 121 Å². The van der Waals surface area contributed by atoms with Crippen molar-refractivity contribution in [3.63, 3.8) is 0 Å².